The number of fused-ring (bicyclic) bond motifs is 1. The summed E-state index contributed by atoms with van der Waals surface area (Å²) in [5.41, 5.74) is 0.105. The maximum absolute atomic E-state index is 13.8. The third-order valence-electron chi connectivity index (χ3n) is 3.63. The molecule has 9 heteroatoms. The van der Waals surface area contributed by atoms with Gasteiger partial charge in [-0.1, -0.05) is 17.7 Å². The number of amides is 1. The van der Waals surface area contributed by atoms with Crippen molar-refractivity contribution in [3.63, 3.8) is 0 Å². The van der Waals surface area contributed by atoms with Crippen molar-refractivity contribution < 1.29 is 23.0 Å². The molecule has 3 aromatic rings. The second-order valence-electron chi connectivity index (χ2n) is 5.28. The Bertz CT molecular complexity index is 1000. The van der Waals surface area contributed by atoms with Gasteiger partial charge in [-0.05, 0) is 24.3 Å². The van der Waals surface area contributed by atoms with Crippen molar-refractivity contribution in [3.8, 4) is 22.8 Å². The van der Waals surface area contributed by atoms with E-state index < -0.39 is 17.5 Å². The van der Waals surface area contributed by atoms with Crippen molar-refractivity contribution in [3.05, 3.63) is 57.9 Å². The predicted octanol–water partition coefficient (Wildman–Crippen LogP) is 4.72. The first-order valence-electron chi connectivity index (χ1n) is 7.33. The van der Waals surface area contributed by atoms with Gasteiger partial charge in [0.2, 0.25) is 6.79 Å². The van der Waals surface area contributed by atoms with Crippen molar-refractivity contribution in [2.45, 2.75) is 0 Å². The topological polar surface area (TPSA) is 60.5 Å². The van der Waals surface area contributed by atoms with E-state index in [4.69, 9.17) is 21.1 Å². The van der Waals surface area contributed by atoms with Crippen molar-refractivity contribution >= 4 is 34.0 Å². The van der Waals surface area contributed by atoms with Crippen LogP contribution < -0.4 is 14.8 Å². The Hall–Kier alpha value is -2.71. The molecule has 1 aliphatic rings. The summed E-state index contributed by atoms with van der Waals surface area (Å²) in [4.78, 5) is 16.5. The van der Waals surface area contributed by atoms with Gasteiger partial charge in [-0.25, -0.2) is 13.8 Å². The van der Waals surface area contributed by atoms with Gasteiger partial charge in [-0.15, -0.1) is 11.3 Å². The molecule has 0 spiro atoms. The van der Waals surface area contributed by atoms with Crippen LogP contribution >= 0.6 is 22.9 Å². The number of nitrogens with zero attached hydrogens (tertiary/aromatic N) is 1. The van der Waals surface area contributed by atoms with E-state index in [-0.39, 0.29) is 33.8 Å². The molecule has 26 heavy (non-hydrogen) atoms. The van der Waals surface area contributed by atoms with E-state index in [0.29, 0.717) is 11.5 Å². The van der Waals surface area contributed by atoms with E-state index >= 15 is 0 Å². The van der Waals surface area contributed by atoms with Crippen LogP contribution in [0.2, 0.25) is 5.02 Å². The second-order valence-corrected chi connectivity index (χ2v) is 6.55. The molecule has 5 nitrogen and oxygen atoms in total. The highest BCUT2D eigenvalue weighted by molar-refractivity contribution is 7.14. The van der Waals surface area contributed by atoms with Crippen LogP contribution in [0.15, 0.2) is 35.7 Å². The Balaban J connectivity index is 1.58. The Morgan fingerprint density at radius 3 is 2.77 bits per heavy atom. The molecule has 0 unspecified atom stereocenters. The summed E-state index contributed by atoms with van der Waals surface area (Å²) in [7, 11) is 0. The summed E-state index contributed by atoms with van der Waals surface area (Å²) in [5.74, 6) is -1.18. The third kappa shape index (κ3) is 2.97. The molecular weight excluding hydrogens is 386 g/mol. The number of rotatable bonds is 3. The fourth-order valence-electron chi connectivity index (χ4n) is 2.46. The van der Waals surface area contributed by atoms with E-state index in [9.17, 15) is 13.6 Å². The van der Waals surface area contributed by atoms with Gasteiger partial charge in [-0.3, -0.25) is 10.1 Å². The van der Waals surface area contributed by atoms with Crippen LogP contribution in [0.4, 0.5) is 13.9 Å². The summed E-state index contributed by atoms with van der Waals surface area (Å²) in [6, 6.07) is 6.49. The van der Waals surface area contributed by atoms with Crippen LogP contribution in [0, 0.1) is 11.6 Å². The average molecular weight is 395 g/mol. The molecule has 1 amide bonds. The van der Waals surface area contributed by atoms with Crippen LogP contribution in [-0.2, 0) is 0 Å². The number of nitrogens with one attached hydrogen (secondary N) is 1. The SMILES string of the molecule is O=C(Nc1nc(-c2c(F)cccc2F)cs1)c1cc(Cl)c2c(c1)OCO2. The predicted molar refractivity (Wildman–Crippen MR) is 93.0 cm³/mol. The lowest BCUT2D eigenvalue weighted by Crippen LogP contribution is -2.11. The summed E-state index contributed by atoms with van der Waals surface area (Å²) < 4.78 is 38.1. The molecule has 0 saturated heterocycles. The molecule has 0 fully saturated rings. The lowest BCUT2D eigenvalue weighted by atomic mass is 10.1. The number of carbonyl (C=O) groups excluding carboxylic acids is 1. The van der Waals surface area contributed by atoms with Crippen LogP contribution in [0.3, 0.4) is 0 Å². The molecule has 1 aromatic heterocycles. The molecule has 1 aliphatic heterocycles. The maximum Gasteiger partial charge on any atom is 0.257 e. The molecule has 0 bridgehead atoms. The zero-order chi connectivity index (χ0) is 18.3. The Morgan fingerprint density at radius 2 is 2.00 bits per heavy atom. The fraction of sp³-hybridized carbons (Fsp3) is 0.0588. The molecule has 0 radical (unpaired) electrons. The zero-order valence-electron chi connectivity index (χ0n) is 12.9. The maximum atomic E-state index is 13.8. The molecule has 0 aliphatic carbocycles. The molecule has 4 rings (SSSR count). The van der Waals surface area contributed by atoms with Crippen molar-refractivity contribution in [2.75, 3.05) is 12.1 Å². The van der Waals surface area contributed by atoms with Gasteiger partial charge >= 0.3 is 0 Å². The first-order chi connectivity index (χ1) is 12.5. The highest BCUT2D eigenvalue weighted by Gasteiger charge is 2.21. The number of hydrogen-bond acceptors (Lipinski definition) is 5. The number of aromatic nitrogens is 1. The highest BCUT2D eigenvalue weighted by Crippen LogP contribution is 2.40. The lowest BCUT2D eigenvalue weighted by Gasteiger charge is -2.05. The molecule has 0 saturated carbocycles. The minimum absolute atomic E-state index is 0.0319. The number of carbonyl (C=O) groups is 1. The summed E-state index contributed by atoms with van der Waals surface area (Å²) in [6.07, 6.45) is 0. The number of ether oxygens (including phenoxy) is 2. The van der Waals surface area contributed by atoms with E-state index in [0.717, 1.165) is 23.5 Å². The van der Waals surface area contributed by atoms with Gasteiger partial charge in [0, 0.05) is 10.9 Å². The number of anilines is 1. The molecular formula is C17H9ClF2N2O3S. The van der Waals surface area contributed by atoms with E-state index in [1.165, 1.54) is 23.6 Å². The second kappa shape index (κ2) is 6.54. The van der Waals surface area contributed by atoms with E-state index in [1.54, 1.807) is 0 Å². The molecule has 2 heterocycles. The first kappa shape index (κ1) is 16.7. The Kier molecular flexibility index (Phi) is 4.21. The molecule has 0 atom stereocenters. The minimum atomic E-state index is -0.726. The monoisotopic (exact) mass is 394 g/mol. The van der Waals surface area contributed by atoms with Gasteiger partial charge in [0.1, 0.15) is 11.6 Å². The number of thiazole rings is 1. The molecule has 2 aromatic carbocycles. The van der Waals surface area contributed by atoms with Gasteiger partial charge < -0.3 is 9.47 Å². The average Bonchev–Trinajstić information content (AvgIpc) is 3.24. The summed E-state index contributed by atoms with van der Waals surface area (Å²) >= 11 is 7.11. The van der Waals surface area contributed by atoms with Crippen molar-refractivity contribution in [1.82, 2.24) is 4.98 Å². The number of benzene rings is 2. The van der Waals surface area contributed by atoms with Gasteiger partial charge in [0.15, 0.2) is 16.6 Å². The van der Waals surface area contributed by atoms with E-state index in [1.807, 2.05) is 0 Å². The van der Waals surface area contributed by atoms with Crippen molar-refractivity contribution in [2.24, 2.45) is 0 Å². The number of halogens is 3. The van der Waals surface area contributed by atoms with Crippen LogP contribution in [0.1, 0.15) is 10.4 Å². The van der Waals surface area contributed by atoms with Gasteiger partial charge in [0.25, 0.3) is 5.91 Å². The smallest absolute Gasteiger partial charge is 0.257 e. The summed E-state index contributed by atoms with van der Waals surface area (Å²) in [6.45, 7) is 0.0319. The minimum Gasteiger partial charge on any atom is -0.454 e. The number of hydrogen-bond donors (Lipinski definition) is 1. The zero-order valence-corrected chi connectivity index (χ0v) is 14.5. The largest absolute Gasteiger partial charge is 0.454 e. The summed E-state index contributed by atoms with van der Waals surface area (Å²) in [5, 5.41) is 4.48. The molecule has 1 N–H and O–H groups in total. The van der Waals surface area contributed by atoms with Crippen LogP contribution in [0.5, 0.6) is 11.5 Å². The Labute approximate surface area is 155 Å². The lowest BCUT2D eigenvalue weighted by molar-refractivity contribution is 0.102. The van der Waals surface area contributed by atoms with Gasteiger partial charge in [0.05, 0.1) is 16.3 Å². The normalized spacial score (nSPS) is 12.3. The fourth-order valence-corrected chi connectivity index (χ4v) is 3.42. The third-order valence-corrected chi connectivity index (χ3v) is 4.67. The van der Waals surface area contributed by atoms with Crippen LogP contribution in [-0.4, -0.2) is 17.7 Å². The first-order valence-corrected chi connectivity index (χ1v) is 8.59. The quantitative estimate of drug-likeness (QED) is 0.698. The van der Waals surface area contributed by atoms with Crippen LogP contribution in [0.25, 0.3) is 11.3 Å². The highest BCUT2D eigenvalue weighted by atomic mass is 35.5. The van der Waals surface area contributed by atoms with E-state index in [2.05, 4.69) is 10.3 Å². The van der Waals surface area contributed by atoms with Crippen molar-refractivity contribution in [1.29, 1.82) is 0 Å². The standard InChI is InChI=1S/C17H9ClF2N2O3S/c18-9-4-8(5-13-15(9)25-7-24-13)16(23)22-17-21-12(6-26-17)14-10(19)2-1-3-11(14)20/h1-6H,7H2,(H,21,22,23). The molecule has 132 valence electrons. The van der Waals surface area contributed by atoms with Gasteiger partial charge in [-0.2, -0.15) is 0 Å². The Morgan fingerprint density at radius 1 is 1.23 bits per heavy atom.